The lowest BCUT2D eigenvalue weighted by Crippen LogP contribution is -2.35. The number of esters is 1. The zero-order chi connectivity index (χ0) is 16.8. The molecule has 22 heavy (non-hydrogen) atoms. The predicted octanol–water partition coefficient (Wildman–Crippen LogP) is 4.71. The van der Waals surface area contributed by atoms with Crippen LogP contribution in [0.3, 0.4) is 0 Å². The van der Waals surface area contributed by atoms with Crippen molar-refractivity contribution in [2.45, 2.75) is 71.1 Å². The lowest BCUT2D eigenvalue weighted by atomic mass is 10.1. The summed E-state index contributed by atoms with van der Waals surface area (Å²) in [5, 5.41) is 0. The Hall–Kier alpha value is -0.830. The Morgan fingerprint density at radius 1 is 0.818 bits per heavy atom. The van der Waals surface area contributed by atoms with Crippen LogP contribution in [-0.4, -0.2) is 44.7 Å². The summed E-state index contributed by atoms with van der Waals surface area (Å²) in [7, 11) is 6.79. The first-order valence-corrected chi connectivity index (χ1v) is 8.96. The van der Waals surface area contributed by atoms with Crippen LogP contribution in [0.4, 0.5) is 0 Å². The van der Waals surface area contributed by atoms with Gasteiger partial charge in [-0.2, -0.15) is 0 Å². The van der Waals surface area contributed by atoms with Crippen LogP contribution in [0.25, 0.3) is 0 Å². The second-order valence-corrected chi connectivity index (χ2v) is 7.47. The van der Waals surface area contributed by atoms with Crippen LogP contribution in [-0.2, 0) is 9.53 Å². The minimum Gasteiger partial charge on any atom is -0.462 e. The quantitative estimate of drug-likeness (QED) is 0.201. The van der Waals surface area contributed by atoms with E-state index in [0.29, 0.717) is 12.2 Å². The molecule has 3 heteroatoms. The molecule has 0 bridgehead atoms. The molecule has 0 N–H and O–H groups in total. The van der Waals surface area contributed by atoms with E-state index in [9.17, 15) is 4.79 Å². The molecular formula is C19H38NO2+. The van der Waals surface area contributed by atoms with E-state index >= 15 is 0 Å². The van der Waals surface area contributed by atoms with Gasteiger partial charge in [0.15, 0.2) is 0 Å². The molecule has 0 spiro atoms. The van der Waals surface area contributed by atoms with Crippen LogP contribution >= 0.6 is 0 Å². The van der Waals surface area contributed by atoms with Gasteiger partial charge in [0.2, 0.25) is 0 Å². The molecule has 0 rings (SSSR count). The summed E-state index contributed by atoms with van der Waals surface area (Å²) < 4.78 is 6.16. The van der Waals surface area contributed by atoms with Crippen molar-refractivity contribution >= 4 is 5.97 Å². The fraction of sp³-hybridized carbons (Fsp3) is 0.842. The summed E-state index contributed by atoms with van der Waals surface area (Å²) >= 11 is 0. The van der Waals surface area contributed by atoms with Gasteiger partial charge in [-0.3, -0.25) is 0 Å². The fourth-order valence-electron chi connectivity index (χ4n) is 2.39. The molecule has 0 aliphatic heterocycles. The molecule has 0 amide bonds. The first-order chi connectivity index (χ1) is 10.3. The largest absolute Gasteiger partial charge is 0.462 e. The Kier molecular flexibility index (Phi) is 12.2. The third-order valence-electron chi connectivity index (χ3n) is 3.80. The number of nitrogens with zero attached hydrogens (tertiary/aromatic N) is 1. The number of carbonyl (C=O) groups is 1. The Morgan fingerprint density at radius 3 is 1.64 bits per heavy atom. The minimum absolute atomic E-state index is 0.259. The van der Waals surface area contributed by atoms with E-state index in [1.54, 1.807) is 6.92 Å². The molecule has 0 atom stereocenters. The maximum absolute atomic E-state index is 11.2. The normalized spacial score (nSPS) is 11.5. The highest BCUT2D eigenvalue weighted by Gasteiger charge is 2.05. The van der Waals surface area contributed by atoms with Gasteiger partial charge in [-0.05, 0) is 26.2 Å². The number of carbonyl (C=O) groups excluding carboxylic acids is 1. The summed E-state index contributed by atoms with van der Waals surface area (Å²) in [5.74, 6) is -0.259. The van der Waals surface area contributed by atoms with Gasteiger partial charge in [0, 0.05) is 5.57 Å². The summed E-state index contributed by atoms with van der Waals surface area (Å²) in [6.07, 6.45) is 12.9. The van der Waals surface area contributed by atoms with Gasteiger partial charge < -0.3 is 9.22 Å². The van der Waals surface area contributed by atoms with Crippen LogP contribution in [0.15, 0.2) is 12.2 Å². The van der Waals surface area contributed by atoms with Crippen molar-refractivity contribution in [1.29, 1.82) is 0 Å². The van der Waals surface area contributed by atoms with E-state index in [1.807, 2.05) is 0 Å². The molecule has 0 saturated heterocycles. The number of hydrogen-bond donors (Lipinski definition) is 0. The minimum atomic E-state index is -0.259. The number of rotatable bonds is 14. The highest BCUT2D eigenvalue weighted by molar-refractivity contribution is 5.86. The molecule has 130 valence electrons. The van der Waals surface area contributed by atoms with Gasteiger partial charge in [0.05, 0.1) is 34.3 Å². The van der Waals surface area contributed by atoms with Crippen LogP contribution < -0.4 is 0 Å². The van der Waals surface area contributed by atoms with Crippen LogP contribution in [0.1, 0.15) is 71.1 Å². The van der Waals surface area contributed by atoms with Crippen LogP contribution in [0, 0.1) is 0 Å². The summed E-state index contributed by atoms with van der Waals surface area (Å²) in [6.45, 7) is 7.08. The number of unbranched alkanes of at least 4 members (excludes halogenated alkanes) is 9. The van der Waals surface area contributed by atoms with E-state index in [0.717, 1.165) is 17.3 Å². The second-order valence-electron chi connectivity index (χ2n) is 7.47. The number of ether oxygens (including phenoxy) is 1. The Balaban J connectivity index is 3.15. The van der Waals surface area contributed by atoms with Gasteiger partial charge in [-0.25, -0.2) is 4.79 Å². The van der Waals surface area contributed by atoms with Gasteiger partial charge >= 0.3 is 5.97 Å². The van der Waals surface area contributed by atoms with E-state index in [2.05, 4.69) is 27.7 Å². The number of hydrogen-bond acceptors (Lipinski definition) is 2. The van der Waals surface area contributed by atoms with Gasteiger partial charge in [-0.15, -0.1) is 0 Å². The van der Waals surface area contributed by atoms with Gasteiger partial charge in [0.25, 0.3) is 0 Å². The average molecular weight is 313 g/mol. The van der Waals surface area contributed by atoms with Crippen molar-refractivity contribution in [3.8, 4) is 0 Å². The first-order valence-electron chi connectivity index (χ1n) is 8.96. The zero-order valence-corrected chi connectivity index (χ0v) is 15.5. The monoisotopic (exact) mass is 312 g/mol. The Labute approximate surface area is 138 Å². The average Bonchev–Trinajstić information content (AvgIpc) is 2.42. The highest BCUT2D eigenvalue weighted by atomic mass is 16.5. The third kappa shape index (κ3) is 15.6. The molecule has 0 saturated carbocycles. The molecule has 0 heterocycles. The predicted molar refractivity (Wildman–Crippen MR) is 94.8 cm³/mol. The molecule has 0 aromatic rings. The van der Waals surface area contributed by atoms with E-state index < -0.39 is 0 Å². The van der Waals surface area contributed by atoms with Crippen molar-refractivity contribution in [3.63, 3.8) is 0 Å². The maximum atomic E-state index is 11.2. The van der Waals surface area contributed by atoms with E-state index in [4.69, 9.17) is 4.74 Å². The molecule has 0 aromatic carbocycles. The molecule has 0 aromatic heterocycles. The lowest BCUT2D eigenvalue weighted by molar-refractivity contribution is -0.870. The highest BCUT2D eigenvalue weighted by Crippen LogP contribution is 2.11. The van der Waals surface area contributed by atoms with Crippen molar-refractivity contribution in [3.05, 3.63) is 12.2 Å². The molecule has 0 aliphatic carbocycles. The summed E-state index contributed by atoms with van der Waals surface area (Å²) in [5.41, 5.74) is 0.487. The van der Waals surface area contributed by atoms with Gasteiger partial charge in [0.1, 0.15) is 0 Å². The standard InChI is InChI=1S/C19H38NO2/c1-18(2)19(21)22-17-15-13-11-9-7-6-8-10-12-14-16-20(3,4)5/h1,6-17H2,2-5H3/q+1. The molecule has 0 unspecified atom stereocenters. The third-order valence-corrected chi connectivity index (χ3v) is 3.80. The van der Waals surface area contributed by atoms with Crippen molar-refractivity contribution in [2.75, 3.05) is 34.3 Å². The summed E-state index contributed by atoms with van der Waals surface area (Å²) in [4.78, 5) is 11.2. The zero-order valence-electron chi connectivity index (χ0n) is 15.5. The summed E-state index contributed by atoms with van der Waals surface area (Å²) in [6, 6.07) is 0. The molecule has 0 aliphatic rings. The SMILES string of the molecule is C=C(C)C(=O)OCCCCCCCCCCCC[N+](C)(C)C. The Bertz CT molecular complexity index is 305. The number of quaternary nitrogens is 1. The van der Waals surface area contributed by atoms with Crippen molar-refractivity contribution in [1.82, 2.24) is 0 Å². The molecular weight excluding hydrogens is 274 g/mol. The molecule has 0 fully saturated rings. The van der Waals surface area contributed by atoms with Gasteiger partial charge in [-0.1, -0.05) is 51.5 Å². The topological polar surface area (TPSA) is 26.3 Å². The molecule has 0 radical (unpaired) electrons. The lowest BCUT2D eigenvalue weighted by Gasteiger charge is -2.23. The van der Waals surface area contributed by atoms with Crippen LogP contribution in [0.2, 0.25) is 0 Å². The van der Waals surface area contributed by atoms with E-state index in [-0.39, 0.29) is 5.97 Å². The second kappa shape index (κ2) is 12.7. The van der Waals surface area contributed by atoms with Crippen molar-refractivity contribution in [2.24, 2.45) is 0 Å². The molecule has 3 nitrogen and oxygen atoms in total. The first kappa shape index (κ1) is 21.2. The Morgan fingerprint density at radius 2 is 1.23 bits per heavy atom. The maximum Gasteiger partial charge on any atom is 0.333 e. The van der Waals surface area contributed by atoms with E-state index in [1.165, 1.54) is 57.9 Å². The smallest absolute Gasteiger partial charge is 0.333 e. The fourth-order valence-corrected chi connectivity index (χ4v) is 2.39. The van der Waals surface area contributed by atoms with Crippen LogP contribution in [0.5, 0.6) is 0 Å². The van der Waals surface area contributed by atoms with Crippen molar-refractivity contribution < 1.29 is 14.0 Å².